The monoisotopic (exact) mass is 320 g/mol. The van der Waals surface area contributed by atoms with Gasteiger partial charge in [0.05, 0.1) is 18.8 Å². The van der Waals surface area contributed by atoms with E-state index in [2.05, 4.69) is 5.32 Å². The van der Waals surface area contributed by atoms with Crippen LogP contribution in [-0.4, -0.2) is 38.0 Å². The summed E-state index contributed by atoms with van der Waals surface area (Å²) in [5.41, 5.74) is 0.212. The van der Waals surface area contributed by atoms with E-state index in [4.69, 9.17) is 14.2 Å². The van der Waals surface area contributed by atoms with Crippen molar-refractivity contribution >= 4 is 17.7 Å². The second-order valence-electron chi connectivity index (χ2n) is 6.61. The summed E-state index contributed by atoms with van der Waals surface area (Å²) in [7, 11) is 0. The van der Waals surface area contributed by atoms with Crippen LogP contribution in [0, 0.1) is 5.41 Å². The fourth-order valence-electron chi connectivity index (χ4n) is 2.36. The summed E-state index contributed by atoms with van der Waals surface area (Å²) in [5.74, 6) is 1.20. The van der Waals surface area contributed by atoms with Crippen molar-refractivity contribution < 1.29 is 23.8 Å². The van der Waals surface area contributed by atoms with Crippen LogP contribution in [0.15, 0.2) is 18.2 Å². The van der Waals surface area contributed by atoms with Crippen molar-refractivity contribution in [2.24, 2.45) is 5.41 Å². The largest absolute Gasteiger partial charge is 0.454 e. The molecule has 1 atom stereocenters. The fourth-order valence-corrected chi connectivity index (χ4v) is 2.36. The van der Waals surface area contributed by atoms with Gasteiger partial charge in [-0.3, -0.25) is 9.69 Å². The van der Waals surface area contributed by atoms with E-state index in [1.165, 1.54) is 4.90 Å². The second-order valence-corrected chi connectivity index (χ2v) is 6.61. The predicted molar refractivity (Wildman–Crippen MR) is 82.6 cm³/mol. The van der Waals surface area contributed by atoms with Gasteiger partial charge in [-0.2, -0.15) is 0 Å². The Balaban J connectivity index is 1.63. The molecular formula is C16H20N2O5. The molecule has 1 N–H and O–H groups in total. The van der Waals surface area contributed by atoms with Gasteiger partial charge in [0, 0.05) is 11.5 Å². The van der Waals surface area contributed by atoms with Crippen LogP contribution in [-0.2, 0) is 9.53 Å². The number of fused-ring (bicyclic) bond motifs is 1. The minimum absolute atomic E-state index is 0.0740. The van der Waals surface area contributed by atoms with Crippen LogP contribution in [0.5, 0.6) is 11.5 Å². The van der Waals surface area contributed by atoms with Crippen LogP contribution in [0.2, 0.25) is 0 Å². The molecule has 1 aromatic rings. The quantitative estimate of drug-likeness (QED) is 0.920. The molecule has 0 radical (unpaired) electrons. The van der Waals surface area contributed by atoms with Gasteiger partial charge in [0.1, 0.15) is 6.10 Å². The van der Waals surface area contributed by atoms with Gasteiger partial charge < -0.3 is 19.5 Å². The number of hydrogen-bond donors (Lipinski definition) is 1. The molecule has 0 aromatic heterocycles. The molecule has 0 saturated carbocycles. The van der Waals surface area contributed by atoms with Gasteiger partial charge in [0.15, 0.2) is 11.5 Å². The topological polar surface area (TPSA) is 77.1 Å². The first-order chi connectivity index (χ1) is 10.8. The van der Waals surface area contributed by atoms with Gasteiger partial charge in [0.2, 0.25) is 12.7 Å². The smallest absolute Gasteiger partial charge is 0.414 e. The number of ether oxygens (including phenoxy) is 3. The summed E-state index contributed by atoms with van der Waals surface area (Å²) in [6.45, 7) is 6.36. The molecule has 124 valence electrons. The zero-order valence-corrected chi connectivity index (χ0v) is 13.4. The molecule has 1 aromatic carbocycles. The molecule has 0 aliphatic carbocycles. The maximum atomic E-state index is 12.0. The normalized spacial score (nSPS) is 19.7. The van der Waals surface area contributed by atoms with Gasteiger partial charge in [-0.1, -0.05) is 20.8 Å². The van der Waals surface area contributed by atoms with Crippen molar-refractivity contribution in [1.29, 1.82) is 0 Å². The first-order valence-electron chi connectivity index (χ1n) is 7.51. The van der Waals surface area contributed by atoms with Crippen molar-refractivity contribution in [3.05, 3.63) is 18.2 Å². The molecule has 0 spiro atoms. The lowest BCUT2D eigenvalue weighted by Gasteiger charge is -2.19. The maximum Gasteiger partial charge on any atom is 0.414 e. The lowest BCUT2D eigenvalue weighted by Crippen LogP contribution is -2.40. The number of nitrogens with zero attached hydrogens (tertiary/aromatic N) is 1. The Morgan fingerprint density at radius 2 is 2.04 bits per heavy atom. The molecule has 0 bridgehead atoms. The van der Waals surface area contributed by atoms with Crippen molar-refractivity contribution in [1.82, 2.24) is 5.32 Å². The van der Waals surface area contributed by atoms with Gasteiger partial charge in [-0.25, -0.2) is 4.79 Å². The summed E-state index contributed by atoms with van der Waals surface area (Å²) in [6, 6.07) is 5.30. The number of rotatable bonds is 3. The highest BCUT2D eigenvalue weighted by atomic mass is 16.7. The molecule has 2 aliphatic heterocycles. The van der Waals surface area contributed by atoms with E-state index in [0.29, 0.717) is 30.3 Å². The summed E-state index contributed by atoms with van der Waals surface area (Å²) in [5, 5.41) is 2.81. The number of carbonyl (C=O) groups is 2. The van der Waals surface area contributed by atoms with E-state index >= 15 is 0 Å². The number of carbonyl (C=O) groups excluding carboxylic acids is 2. The van der Waals surface area contributed by atoms with Crippen molar-refractivity contribution in [3.63, 3.8) is 0 Å². The van der Waals surface area contributed by atoms with E-state index in [-0.39, 0.29) is 18.8 Å². The third kappa shape index (κ3) is 3.18. The molecule has 1 fully saturated rings. The minimum atomic E-state index is -0.473. The Kier molecular flexibility index (Phi) is 3.79. The molecule has 2 amide bonds. The number of benzene rings is 1. The summed E-state index contributed by atoms with van der Waals surface area (Å²) in [6.07, 6.45) is -0.807. The number of cyclic esters (lactones) is 1. The number of anilines is 1. The van der Waals surface area contributed by atoms with Gasteiger partial charge in [-0.15, -0.1) is 0 Å². The first-order valence-corrected chi connectivity index (χ1v) is 7.51. The summed E-state index contributed by atoms with van der Waals surface area (Å²) in [4.78, 5) is 25.5. The van der Waals surface area contributed by atoms with Crippen LogP contribution in [0.25, 0.3) is 0 Å². The molecule has 3 rings (SSSR count). The average Bonchev–Trinajstić information content (AvgIpc) is 3.09. The Morgan fingerprint density at radius 3 is 2.78 bits per heavy atom. The van der Waals surface area contributed by atoms with E-state index in [1.54, 1.807) is 18.2 Å². The third-order valence-electron chi connectivity index (χ3n) is 3.71. The van der Waals surface area contributed by atoms with Crippen molar-refractivity contribution in [2.75, 3.05) is 24.8 Å². The number of amides is 2. The molecule has 1 saturated heterocycles. The SMILES string of the molecule is CC(C)(C)C(=O)NC[C@H]1CN(c2ccc3c(c2)OCO3)C(=O)O1. The second kappa shape index (κ2) is 5.64. The molecule has 23 heavy (non-hydrogen) atoms. The lowest BCUT2D eigenvalue weighted by molar-refractivity contribution is -0.128. The summed E-state index contributed by atoms with van der Waals surface area (Å²) < 4.78 is 15.9. The van der Waals surface area contributed by atoms with Crippen LogP contribution in [0.1, 0.15) is 20.8 Å². The Bertz CT molecular complexity index is 638. The van der Waals surface area contributed by atoms with E-state index < -0.39 is 11.5 Å². The standard InChI is InChI=1S/C16H20N2O5/c1-16(2,3)14(19)17-7-11-8-18(15(20)23-11)10-4-5-12-13(6-10)22-9-21-12/h4-6,11H,7-9H2,1-3H3,(H,17,19)/t11-/m0/s1. The van der Waals surface area contributed by atoms with E-state index in [0.717, 1.165) is 0 Å². The average molecular weight is 320 g/mol. The molecule has 0 unspecified atom stereocenters. The molecule has 7 heteroatoms. The maximum absolute atomic E-state index is 12.0. The predicted octanol–water partition coefficient (Wildman–Crippen LogP) is 1.90. The van der Waals surface area contributed by atoms with Crippen molar-refractivity contribution in [2.45, 2.75) is 26.9 Å². The fraction of sp³-hybridized carbons (Fsp3) is 0.500. The summed E-state index contributed by atoms with van der Waals surface area (Å²) >= 11 is 0. The van der Waals surface area contributed by atoms with Crippen LogP contribution in [0.4, 0.5) is 10.5 Å². The highest BCUT2D eigenvalue weighted by molar-refractivity contribution is 5.90. The van der Waals surface area contributed by atoms with Crippen LogP contribution in [0.3, 0.4) is 0 Å². The minimum Gasteiger partial charge on any atom is -0.454 e. The number of hydrogen-bond acceptors (Lipinski definition) is 5. The number of nitrogens with one attached hydrogen (secondary N) is 1. The zero-order chi connectivity index (χ0) is 16.6. The van der Waals surface area contributed by atoms with Gasteiger partial charge >= 0.3 is 6.09 Å². The lowest BCUT2D eigenvalue weighted by atomic mass is 9.96. The zero-order valence-electron chi connectivity index (χ0n) is 13.4. The molecular weight excluding hydrogens is 300 g/mol. The van der Waals surface area contributed by atoms with Crippen molar-refractivity contribution in [3.8, 4) is 11.5 Å². The van der Waals surface area contributed by atoms with E-state index in [1.807, 2.05) is 20.8 Å². The highest BCUT2D eigenvalue weighted by Gasteiger charge is 2.34. The Labute approximate surface area is 134 Å². The highest BCUT2D eigenvalue weighted by Crippen LogP contribution is 2.36. The van der Waals surface area contributed by atoms with Crippen LogP contribution >= 0.6 is 0 Å². The van der Waals surface area contributed by atoms with Crippen LogP contribution < -0.4 is 19.7 Å². The van der Waals surface area contributed by atoms with Gasteiger partial charge in [0.25, 0.3) is 0 Å². The Hall–Kier alpha value is -2.44. The van der Waals surface area contributed by atoms with Gasteiger partial charge in [-0.05, 0) is 12.1 Å². The molecule has 7 nitrogen and oxygen atoms in total. The van der Waals surface area contributed by atoms with E-state index in [9.17, 15) is 9.59 Å². The Morgan fingerprint density at radius 1 is 1.30 bits per heavy atom. The third-order valence-corrected chi connectivity index (χ3v) is 3.71. The molecule has 2 heterocycles. The first kappa shape index (κ1) is 15.5. The molecule has 2 aliphatic rings.